The average Bonchev–Trinajstić information content (AvgIpc) is 2.86. The second-order valence-corrected chi connectivity index (χ2v) is 6.97. The number of ether oxygens (including phenoxy) is 1. The number of anilines is 1. The third-order valence-corrected chi connectivity index (χ3v) is 5.18. The number of nitrogens with zero attached hydrogens (tertiary/aromatic N) is 2. The second kappa shape index (κ2) is 5.48. The summed E-state index contributed by atoms with van der Waals surface area (Å²) >= 11 is 1.08. The first kappa shape index (κ1) is 14.3. The summed E-state index contributed by atoms with van der Waals surface area (Å²) in [7, 11) is -2.29. The van der Waals surface area contributed by atoms with Gasteiger partial charge in [0.25, 0.3) is 10.0 Å². The lowest BCUT2D eigenvalue weighted by Crippen LogP contribution is -2.12. The molecular weight excluding hydrogens is 298 g/mol. The van der Waals surface area contributed by atoms with Gasteiger partial charge in [0.2, 0.25) is 0 Å². The zero-order valence-electron chi connectivity index (χ0n) is 10.7. The van der Waals surface area contributed by atoms with Crippen LogP contribution in [0.3, 0.4) is 0 Å². The Labute approximate surface area is 120 Å². The van der Waals surface area contributed by atoms with Crippen LogP contribution in [0.25, 0.3) is 0 Å². The molecule has 20 heavy (non-hydrogen) atoms. The van der Waals surface area contributed by atoms with Crippen molar-refractivity contribution in [3.05, 3.63) is 35.0 Å². The lowest BCUT2D eigenvalue weighted by molar-refractivity contribution is 0.416. The largest absolute Gasteiger partial charge is 0.495 e. The van der Waals surface area contributed by atoms with Gasteiger partial charge in [-0.25, -0.2) is 13.4 Å². The number of sulfonamides is 1. The number of aryl methyl sites for hydroxylation is 1. The van der Waals surface area contributed by atoms with E-state index in [1.807, 2.05) is 6.07 Å². The van der Waals surface area contributed by atoms with E-state index in [-0.39, 0.29) is 15.6 Å². The lowest BCUT2D eigenvalue weighted by Gasteiger charge is -2.10. The second-order valence-electron chi connectivity index (χ2n) is 3.83. The van der Waals surface area contributed by atoms with E-state index in [4.69, 9.17) is 10.00 Å². The van der Waals surface area contributed by atoms with Gasteiger partial charge in [-0.1, -0.05) is 0 Å². The molecule has 2 aromatic rings. The molecule has 1 aromatic carbocycles. The van der Waals surface area contributed by atoms with Gasteiger partial charge in [0.15, 0.2) is 4.21 Å². The van der Waals surface area contributed by atoms with E-state index in [0.717, 1.165) is 11.3 Å². The van der Waals surface area contributed by atoms with Crippen LogP contribution in [0.15, 0.2) is 28.6 Å². The molecule has 0 saturated heterocycles. The zero-order valence-corrected chi connectivity index (χ0v) is 12.4. The van der Waals surface area contributed by atoms with Crippen LogP contribution in [-0.2, 0) is 10.0 Å². The highest BCUT2D eigenvalue weighted by Crippen LogP contribution is 2.29. The summed E-state index contributed by atoms with van der Waals surface area (Å²) in [6.07, 6.45) is 1.30. The van der Waals surface area contributed by atoms with Crippen molar-refractivity contribution in [2.24, 2.45) is 0 Å². The van der Waals surface area contributed by atoms with Crippen LogP contribution in [0.2, 0.25) is 0 Å². The minimum Gasteiger partial charge on any atom is -0.495 e. The van der Waals surface area contributed by atoms with E-state index < -0.39 is 10.0 Å². The van der Waals surface area contributed by atoms with E-state index >= 15 is 0 Å². The van der Waals surface area contributed by atoms with Crippen LogP contribution in [0.5, 0.6) is 5.75 Å². The number of aromatic nitrogens is 1. The molecule has 0 saturated carbocycles. The van der Waals surface area contributed by atoms with Crippen molar-refractivity contribution in [2.45, 2.75) is 11.1 Å². The Bertz CT molecular complexity index is 775. The molecule has 0 aliphatic carbocycles. The highest BCUT2D eigenvalue weighted by Gasteiger charge is 2.19. The van der Waals surface area contributed by atoms with E-state index in [9.17, 15) is 8.42 Å². The lowest BCUT2D eigenvalue weighted by atomic mass is 10.2. The molecule has 0 radical (unpaired) electrons. The molecule has 0 amide bonds. The maximum Gasteiger partial charge on any atom is 0.273 e. The first-order chi connectivity index (χ1) is 9.46. The number of hydrogen-bond donors (Lipinski definition) is 1. The summed E-state index contributed by atoms with van der Waals surface area (Å²) in [5.74, 6) is 0.286. The van der Waals surface area contributed by atoms with Crippen LogP contribution in [0.1, 0.15) is 10.6 Å². The topological polar surface area (TPSA) is 92.1 Å². The summed E-state index contributed by atoms with van der Waals surface area (Å²) < 4.78 is 32.0. The van der Waals surface area contributed by atoms with Gasteiger partial charge in [0.1, 0.15) is 5.75 Å². The molecule has 0 atom stereocenters. The van der Waals surface area contributed by atoms with Gasteiger partial charge in [0.05, 0.1) is 35.6 Å². The highest BCUT2D eigenvalue weighted by molar-refractivity contribution is 7.94. The number of rotatable bonds is 4. The molecule has 1 N–H and O–H groups in total. The molecule has 6 nitrogen and oxygen atoms in total. The SMILES string of the molecule is COc1cc(C#N)ccc1NS(=O)(=O)c1cnc(C)s1. The Morgan fingerprint density at radius 1 is 1.45 bits per heavy atom. The Kier molecular flexibility index (Phi) is 3.92. The average molecular weight is 309 g/mol. The smallest absolute Gasteiger partial charge is 0.273 e. The fraction of sp³-hybridized carbons (Fsp3) is 0.167. The Morgan fingerprint density at radius 2 is 2.20 bits per heavy atom. The van der Waals surface area contributed by atoms with E-state index in [0.29, 0.717) is 10.6 Å². The van der Waals surface area contributed by atoms with Gasteiger partial charge >= 0.3 is 0 Å². The third-order valence-electron chi connectivity index (χ3n) is 2.44. The Morgan fingerprint density at radius 3 is 2.75 bits per heavy atom. The molecule has 0 aliphatic heterocycles. The fourth-order valence-corrected chi connectivity index (χ4v) is 3.68. The maximum atomic E-state index is 12.2. The summed E-state index contributed by atoms with van der Waals surface area (Å²) in [4.78, 5) is 3.92. The van der Waals surface area contributed by atoms with Crippen molar-refractivity contribution in [2.75, 3.05) is 11.8 Å². The number of benzene rings is 1. The van der Waals surface area contributed by atoms with E-state index in [1.165, 1.54) is 31.5 Å². The Balaban J connectivity index is 2.37. The van der Waals surface area contributed by atoms with Crippen LogP contribution >= 0.6 is 11.3 Å². The molecule has 1 heterocycles. The molecule has 1 aromatic heterocycles. The predicted octanol–water partition coefficient (Wildman–Crippen LogP) is 2.13. The molecule has 0 aliphatic rings. The standard InChI is InChI=1S/C12H11N3O3S2/c1-8-14-7-12(19-8)20(16,17)15-10-4-3-9(6-13)5-11(10)18-2/h3-5,7,15H,1-2H3. The third kappa shape index (κ3) is 2.89. The van der Waals surface area contributed by atoms with Gasteiger partial charge in [-0.05, 0) is 19.1 Å². The molecule has 104 valence electrons. The molecule has 0 fully saturated rings. The minimum absolute atomic E-state index is 0.126. The van der Waals surface area contributed by atoms with Crippen molar-refractivity contribution in [3.63, 3.8) is 0 Å². The summed E-state index contributed by atoms with van der Waals surface area (Å²) in [6, 6.07) is 6.43. The van der Waals surface area contributed by atoms with Crippen LogP contribution in [0, 0.1) is 18.3 Å². The number of thiazole rings is 1. The van der Waals surface area contributed by atoms with E-state index in [2.05, 4.69) is 9.71 Å². The molecular formula is C12H11N3O3S2. The van der Waals surface area contributed by atoms with Gasteiger partial charge in [0, 0.05) is 6.07 Å². The highest BCUT2D eigenvalue weighted by atomic mass is 32.2. The van der Waals surface area contributed by atoms with Crippen molar-refractivity contribution in [3.8, 4) is 11.8 Å². The number of hydrogen-bond acceptors (Lipinski definition) is 6. The van der Waals surface area contributed by atoms with Crippen LogP contribution in [-0.4, -0.2) is 20.5 Å². The fourth-order valence-electron chi connectivity index (χ4n) is 1.51. The van der Waals surface area contributed by atoms with Crippen molar-refractivity contribution in [1.82, 2.24) is 4.98 Å². The molecule has 2 rings (SSSR count). The number of methoxy groups -OCH3 is 1. The van der Waals surface area contributed by atoms with Gasteiger partial charge in [-0.2, -0.15) is 5.26 Å². The van der Waals surface area contributed by atoms with Crippen LogP contribution in [0.4, 0.5) is 5.69 Å². The maximum absolute atomic E-state index is 12.2. The normalized spacial score (nSPS) is 10.8. The minimum atomic E-state index is -3.70. The molecule has 0 unspecified atom stereocenters. The Hall–Kier alpha value is -2.11. The zero-order chi connectivity index (χ0) is 14.8. The van der Waals surface area contributed by atoms with Gasteiger partial charge in [-0.3, -0.25) is 4.72 Å². The molecule has 8 heteroatoms. The van der Waals surface area contributed by atoms with Crippen molar-refractivity contribution in [1.29, 1.82) is 5.26 Å². The first-order valence-electron chi connectivity index (χ1n) is 5.49. The monoisotopic (exact) mass is 309 g/mol. The first-order valence-corrected chi connectivity index (χ1v) is 7.79. The molecule has 0 bridgehead atoms. The quantitative estimate of drug-likeness (QED) is 0.934. The van der Waals surface area contributed by atoms with Crippen molar-refractivity contribution < 1.29 is 13.2 Å². The van der Waals surface area contributed by atoms with Crippen LogP contribution < -0.4 is 9.46 Å². The summed E-state index contributed by atoms with van der Waals surface area (Å²) in [5, 5.41) is 9.48. The predicted molar refractivity (Wildman–Crippen MR) is 75.4 cm³/mol. The summed E-state index contributed by atoms with van der Waals surface area (Å²) in [6.45, 7) is 1.73. The summed E-state index contributed by atoms with van der Waals surface area (Å²) in [5.41, 5.74) is 0.663. The van der Waals surface area contributed by atoms with Gasteiger partial charge in [-0.15, -0.1) is 11.3 Å². The van der Waals surface area contributed by atoms with Gasteiger partial charge < -0.3 is 4.74 Å². The van der Waals surface area contributed by atoms with Crippen molar-refractivity contribution >= 4 is 27.0 Å². The number of nitrogens with one attached hydrogen (secondary N) is 1. The number of nitriles is 1. The van der Waals surface area contributed by atoms with E-state index in [1.54, 1.807) is 6.92 Å². The molecule has 0 spiro atoms.